The van der Waals surface area contributed by atoms with E-state index in [1.54, 1.807) is 23.6 Å². The van der Waals surface area contributed by atoms with E-state index < -0.39 is 0 Å². The van der Waals surface area contributed by atoms with Crippen LogP contribution in [0.4, 0.5) is 0 Å². The second kappa shape index (κ2) is 5.86. The first kappa shape index (κ1) is 12.9. The minimum Gasteiger partial charge on any atom is -0.348 e. The first-order valence-corrected chi connectivity index (χ1v) is 6.43. The number of thiocarbonyl (C=S) groups is 1. The Morgan fingerprint density at radius 3 is 2.72 bits per heavy atom. The number of hydrogen-bond acceptors (Lipinski definition) is 4. The van der Waals surface area contributed by atoms with Gasteiger partial charge in [-0.15, -0.1) is 0 Å². The van der Waals surface area contributed by atoms with Gasteiger partial charge in [0, 0.05) is 32.5 Å². The third kappa shape index (κ3) is 3.01. The highest BCUT2D eigenvalue weighted by atomic mass is 32.1. The molecule has 2 heterocycles. The Hall–Kier alpha value is -1.56. The summed E-state index contributed by atoms with van der Waals surface area (Å²) in [6.07, 6.45) is 7.43. The molecule has 1 fully saturated rings. The Morgan fingerprint density at radius 2 is 2.11 bits per heavy atom. The molecule has 0 saturated carbocycles. The Balaban J connectivity index is 2.05. The van der Waals surface area contributed by atoms with Crippen LogP contribution in [-0.4, -0.2) is 50.8 Å². The standard InChI is InChI=1S/C12H17N5S/c1-10(11-9-13-5-6-14-11)15-16(2)12(18)17-7-3-4-8-17/h5-6,9H,3-4,7-8H2,1-2H3/b15-10+. The molecular weight excluding hydrogens is 246 g/mol. The summed E-state index contributed by atoms with van der Waals surface area (Å²) in [6.45, 7) is 3.97. The van der Waals surface area contributed by atoms with Crippen molar-refractivity contribution < 1.29 is 0 Å². The van der Waals surface area contributed by atoms with Crippen LogP contribution in [0.25, 0.3) is 0 Å². The second-order valence-electron chi connectivity index (χ2n) is 4.28. The quantitative estimate of drug-likeness (QED) is 0.460. The Labute approximate surface area is 113 Å². The summed E-state index contributed by atoms with van der Waals surface area (Å²) in [5, 5.41) is 6.97. The van der Waals surface area contributed by atoms with Gasteiger partial charge >= 0.3 is 0 Å². The maximum atomic E-state index is 5.41. The van der Waals surface area contributed by atoms with E-state index in [-0.39, 0.29) is 0 Å². The lowest BCUT2D eigenvalue weighted by molar-refractivity contribution is 0.419. The largest absolute Gasteiger partial charge is 0.348 e. The molecule has 0 unspecified atom stereocenters. The number of nitrogens with zero attached hydrogens (tertiary/aromatic N) is 5. The first-order chi connectivity index (χ1) is 8.68. The van der Waals surface area contributed by atoms with E-state index in [0.29, 0.717) is 0 Å². The second-order valence-corrected chi connectivity index (χ2v) is 4.64. The van der Waals surface area contributed by atoms with Crippen LogP contribution in [0.1, 0.15) is 25.5 Å². The lowest BCUT2D eigenvalue weighted by Crippen LogP contribution is -2.36. The average Bonchev–Trinajstić information content (AvgIpc) is 2.92. The molecular formula is C12H17N5S. The van der Waals surface area contributed by atoms with E-state index in [9.17, 15) is 0 Å². The Morgan fingerprint density at radius 1 is 1.39 bits per heavy atom. The molecule has 1 saturated heterocycles. The van der Waals surface area contributed by atoms with E-state index in [0.717, 1.165) is 29.6 Å². The van der Waals surface area contributed by atoms with Gasteiger partial charge in [-0.3, -0.25) is 9.97 Å². The molecule has 0 spiro atoms. The van der Waals surface area contributed by atoms with Gasteiger partial charge in [0.1, 0.15) is 5.69 Å². The molecule has 6 heteroatoms. The highest BCUT2D eigenvalue weighted by Crippen LogP contribution is 2.10. The van der Waals surface area contributed by atoms with E-state index in [4.69, 9.17) is 12.2 Å². The summed E-state index contributed by atoms with van der Waals surface area (Å²) in [6, 6.07) is 0. The number of hydrogen-bond donors (Lipinski definition) is 0. The van der Waals surface area contributed by atoms with E-state index >= 15 is 0 Å². The Kier molecular flexibility index (Phi) is 4.19. The monoisotopic (exact) mass is 263 g/mol. The summed E-state index contributed by atoms with van der Waals surface area (Å²) in [5.74, 6) is 0. The van der Waals surface area contributed by atoms with Crippen LogP contribution in [0.15, 0.2) is 23.7 Å². The van der Waals surface area contributed by atoms with Gasteiger partial charge in [-0.05, 0) is 32.0 Å². The number of likely N-dealkylation sites (tertiary alicyclic amines) is 1. The minimum absolute atomic E-state index is 0.772. The normalized spacial score (nSPS) is 15.9. The molecule has 0 atom stereocenters. The van der Waals surface area contributed by atoms with Crippen LogP contribution in [0.5, 0.6) is 0 Å². The molecule has 1 aromatic heterocycles. The van der Waals surface area contributed by atoms with Gasteiger partial charge < -0.3 is 4.90 Å². The summed E-state index contributed by atoms with van der Waals surface area (Å²) in [7, 11) is 1.88. The van der Waals surface area contributed by atoms with E-state index in [2.05, 4.69) is 20.0 Å². The van der Waals surface area contributed by atoms with Crippen molar-refractivity contribution in [2.24, 2.45) is 5.10 Å². The first-order valence-electron chi connectivity index (χ1n) is 6.02. The van der Waals surface area contributed by atoms with Crippen molar-refractivity contribution >= 4 is 23.0 Å². The SMILES string of the molecule is C/C(=N\N(C)C(=S)N1CCCC1)c1cnccn1. The third-order valence-corrected chi connectivity index (χ3v) is 3.41. The zero-order chi connectivity index (χ0) is 13.0. The fraction of sp³-hybridized carbons (Fsp3) is 0.500. The minimum atomic E-state index is 0.772. The van der Waals surface area contributed by atoms with Gasteiger partial charge in [0.25, 0.3) is 0 Å². The van der Waals surface area contributed by atoms with Crippen molar-refractivity contribution in [2.75, 3.05) is 20.1 Å². The zero-order valence-electron chi connectivity index (χ0n) is 10.7. The lowest BCUT2D eigenvalue weighted by Gasteiger charge is -2.24. The topological polar surface area (TPSA) is 44.6 Å². The van der Waals surface area contributed by atoms with Crippen LogP contribution in [0.2, 0.25) is 0 Å². The summed E-state index contributed by atoms with van der Waals surface area (Å²) >= 11 is 5.41. The Bertz CT molecular complexity index is 439. The van der Waals surface area contributed by atoms with Crippen molar-refractivity contribution in [3.05, 3.63) is 24.3 Å². The van der Waals surface area contributed by atoms with Gasteiger partial charge in [0.05, 0.1) is 11.9 Å². The number of rotatable bonds is 2. The molecule has 0 bridgehead atoms. The van der Waals surface area contributed by atoms with Crippen molar-refractivity contribution in [2.45, 2.75) is 19.8 Å². The van der Waals surface area contributed by atoms with E-state index in [1.165, 1.54) is 12.8 Å². The van der Waals surface area contributed by atoms with Crippen LogP contribution in [0.3, 0.4) is 0 Å². The predicted octanol–water partition coefficient (Wildman–Crippen LogP) is 1.51. The van der Waals surface area contributed by atoms with Gasteiger partial charge in [-0.1, -0.05) is 0 Å². The molecule has 1 aliphatic heterocycles. The molecule has 96 valence electrons. The molecule has 5 nitrogen and oxygen atoms in total. The van der Waals surface area contributed by atoms with Gasteiger partial charge in [-0.2, -0.15) is 5.10 Å². The van der Waals surface area contributed by atoms with Gasteiger partial charge in [0.2, 0.25) is 0 Å². The average molecular weight is 263 g/mol. The molecule has 0 aliphatic carbocycles. The van der Waals surface area contributed by atoms with Crippen LogP contribution in [0, 0.1) is 0 Å². The highest BCUT2D eigenvalue weighted by molar-refractivity contribution is 7.80. The molecule has 1 aliphatic rings. The lowest BCUT2D eigenvalue weighted by atomic mass is 10.3. The predicted molar refractivity (Wildman–Crippen MR) is 75.4 cm³/mol. The van der Waals surface area contributed by atoms with Gasteiger partial charge in [-0.25, -0.2) is 5.01 Å². The van der Waals surface area contributed by atoms with Gasteiger partial charge in [0.15, 0.2) is 5.11 Å². The fourth-order valence-corrected chi connectivity index (χ4v) is 2.14. The smallest absolute Gasteiger partial charge is 0.192 e. The highest BCUT2D eigenvalue weighted by Gasteiger charge is 2.17. The number of hydrazone groups is 1. The van der Waals surface area contributed by atoms with Crippen LogP contribution < -0.4 is 0 Å². The maximum Gasteiger partial charge on any atom is 0.192 e. The molecule has 1 aromatic rings. The molecule has 2 rings (SSSR count). The maximum absolute atomic E-state index is 5.41. The van der Waals surface area contributed by atoms with Crippen LogP contribution in [-0.2, 0) is 0 Å². The van der Waals surface area contributed by atoms with Crippen molar-refractivity contribution in [1.82, 2.24) is 19.9 Å². The molecule has 0 radical (unpaired) electrons. The molecule has 0 amide bonds. The molecule has 0 aromatic carbocycles. The zero-order valence-corrected chi connectivity index (χ0v) is 11.5. The van der Waals surface area contributed by atoms with E-state index in [1.807, 2.05) is 14.0 Å². The summed E-state index contributed by atoms with van der Waals surface area (Å²) in [5.41, 5.74) is 1.58. The fourth-order valence-electron chi connectivity index (χ4n) is 1.92. The third-order valence-electron chi connectivity index (χ3n) is 2.89. The summed E-state index contributed by atoms with van der Waals surface area (Å²) < 4.78 is 0. The van der Waals surface area contributed by atoms with Crippen LogP contribution >= 0.6 is 12.2 Å². The summed E-state index contributed by atoms with van der Waals surface area (Å²) in [4.78, 5) is 10.4. The molecule has 0 N–H and O–H groups in total. The number of aromatic nitrogens is 2. The van der Waals surface area contributed by atoms with Crippen molar-refractivity contribution in [1.29, 1.82) is 0 Å². The van der Waals surface area contributed by atoms with Crippen molar-refractivity contribution in [3.63, 3.8) is 0 Å². The molecule has 18 heavy (non-hydrogen) atoms. The van der Waals surface area contributed by atoms with Crippen molar-refractivity contribution in [3.8, 4) is 0 Å².